The van der Waals surface area contributed by atoms with Gasteiger partial charge in [-0.1, -0.05) is 6.92 Å². The normalized spacial score (nSPS) is 17.4. The summed E-state index contributed by atoms with van der Waals surface area (Å²) >= 11 is 0. The fourth-order valence-corrected chi connectivity index (χ4v) is 2.10. The van der Waals surface area contributed by atoms with Crippen LogP contribution in [0.5, 0.6) is 0 Å². The largest absolute Gasteiger partial charge is 0.364 e. The SMILES string of the molecule is CCCNc1ncnc(NCC2CCC(=O)N2)c1[N+](=O)[O-]. The van der Waals surface area contributed by atoms with Crippen LogP contribution in [0.4, 0.5) is 17.3 Å². The molecule has 1 atom stereocenters. The van der Waals surface area contributed by atoms with Crippen LogP contribution in [-0.2, 0) is 4.79 Å². The smallest absolute Gasteiger partial charge is 0.353 e. The van der Waals surface area contributed by atoms with Gasteiger partial charge in [-0.05, 0) is 12.8 Å². The minimum atomic E-state index is -0.506. The predicted molar refractivity (Wildman–Crippen MR) is 77.1 cm³/mol. The molecule has 1 aliphatic rings. The molecule has 114 valence electrons. The average molecular weight is 294 g/mol. The molecule has 9 heteroatoms. The van der Waals surface area contributed by atoms with Gasteiger partial charge in [0, 0.05) is 25.6 Å². The molecule has 3 N–H and O–H groups in total. The Morgan fingerprint density at radius 2 is 2.14 bits per heavy atom. The second-order valence-electron chi connectivity index (χ2n) is 4.79. The van der Waals surface area contributed by atoms with Crippen molar-refractivity contribution in [2.24, 2.45) is 0 Å². The number of anilines is 2. The van der Waals surface area contributed by atoms with Crippen molar-refractivity contribution < 1.29 is 9.72 Å². The lowest BCUT2D eigenvalue weighted by molar-refractivity contribution is -0.383. The molecule has 1 aromatic rings. The van der Waals surface area contributed by atoms with Crippen molar-refractivity contribution in [1.82, 2.24) is 15.3 Å². The number of carbonyl (C=O) groups excluding carboxylic acids is 1. The predicted octanol–water partition coefficient (Wildman–Crippen LogP) is 0.897. The standard InChI is InChI=1S/C12H18N6O3/c1-2-5-13-11-10(18(20)21)12(16-7-15-11)14-6-8-3-4-9(19)17-8/h7-8H,2-6H2,1H3,(H,17,19)(H2,13,14,15,16). The van der Waals surface area contributed by atoms with Crippen molar-refractivity contribution in [2.75, 3.05) is 23.7 Å². The maximum Gasteiger partial charge on any atom is 0.353 e. The van der Waals surface area contributed by atoms with Gasteiger partial charge in [-0.15, -0.1) is 0 Å². The molecule has 1 fully saturated rings. The van der Waals surface area contributed by atoms with Crippen molar-refractivity contribution in [3.05, 3.63) is 16.4 Å². The number of rotatable bonds is 7. The lowest BCUT2D eigenvalue weighted by atomic mass is 10.2. The van der Waals surface area contributed by atoms with E-state index >= 15 is 0 Å². The van der Waals surface area contributed by atoms with Crippen LogP contribution < -0.4 is 16.0 Å². The summed E-state index contributed by atoms with van der Waals surface area (Å²) in [4.78, 5) is 29.7. The van der Waals surface area contributed by atoms with E-state index in [2.05, 4.69) is 25.9 Å². The van der Waals surface area contributed by atoms with Gasteiger partial charge in [0.2, 0.25) is 17.5 Å². The number of hydrogen-bond acceptors (Lipinski definition) is 7. The molecule has 0 bridgehead atoms. The van der Waals surface area contributed by atoms with E-state index < -0.39 is 4.92 Å². The summed E-state index contributed by atoms with van der Waals surface area (Å²) in [7, 11) is 0. The Kier molecular flexibility index (Phi) is 4.85. The molecule has 9 nitrogen and oxygen atoms in total. The van der Waals surface area contributed by atoms with Crippen LogP contribution in [0.15, 0.2) is 6.33 Å². The van der Waals surface area contributed by atoms with E-state index in [-0.39, 0.29) is 29.3 Å². The number of nitro groups is 1. The Balaban J connectivity index is 2.10. The minimum absolute atomic E-state index is 0.00397. The summed E-state index contributed by atoms with van der Waals surface area (Å²) in [5, 5.41) is 19.9. The fourth-order valence-electron chi connectivity index (χ4n) is 2.10. The molecule has 0 aliphatic carbocycles. The number of amides is 1. The summed E-state index contributed by atoms with van der Waals surface area (Å²) in [6, 6.07) is -0.0286. The monoisotopic (exact) mass is 294 g/mol. The fraction of sp³-hybridized carbons (Fsp3) is 0.583. The molecule has 1 aromatic heterocycles. The Morgan fingerprint density at radius 1 is 1.43 bits per heavy atom. The van der Waals surface area contributed by atoms with Gasteiger partial charge in [0.25, 0.3) is 0 Å². The molecule has 21 heavy (non-hydrogen) atoms. The molecular weight excluding hydrogens is 276 g/mol. The maximum atomic E-state index is 11.2. The van der Waals surface area contributed by atoms with Crippen LogP contribution in [0, 0.1) is 10.1 Å². The molecule has 1 aliphatic heterocycles. The topological polar surface area (TPSA) is 122 Å². The van der Waals surface area contributed by atoms with E-state index in [0.29, 0.717) is 25.9 Å². The Labute approximate surface area is 121 Å². The van der Waals surface area contributed by atoms with E-state index in [0.717, 1.165) is 6.42 Å². The summed E-state index contributed by atoms with van der Waals surface area (Å²) in [6.07, 6.45) is 3.31. The average Bonchev–Trinajstić information content (AvgIpc) is 2.88. The quantitative estimate of drug-likeness (QED) is 0.504. The second-order valence-corrected chi connectivity index (χ2v) is 4.79. The highest BCUT2D eigenvalue weighted by Gasteiger charge is 2.25. The van der Waals surface area contributed by atoms with E-state index in [1.807, 2.05) is 6.92 Å². The summed E-state index contributed by atoms with van der Waals surface area (Å²) < 4.78 is 0. The molecule has 0 aromatic carbocycles. The van der Waals surface area contributed by atoms with Crippen LogP contribution in [0.1, 0.15) is 26.2 Å². The van der Waals surface area contributed by atoms with Gasteiger partial charge in [-0.3, -0.25) is 14.9 Å². The Bertz CT molecular complexity index is 536. The molecule has 0 spiro atoms. The molecule has 0 radical (unpaired) electrons. The highest BCUT2D eigenvalue weighted by molar-refractivity contribution is 5.78. The highest BCUT2D eigenvalue weighted by atomic mass is 16.6. The van der Waals surface area contributed by atoms with Gasteiger partial charge in [-0.2, -0.15) is 0 Å². The lowest BCUT2D eigenvalue weighted by Gasteiger charge is -2.13. The first kappa shape index (κ1) is 14.9. The molecule has 2 heterocycles. The van der Waals surface area contributed by atoms with E-state index in [1.54, 1.807) is 0 Å². The molecular formula is C12H18N6O3. The first-order chi connectivity index (χ1) is 10.1. The van der Waals surface area contributed by atoms with Crippen molar-refractivity contribution >= 4 is 23.2 Å². The summed E-state index contributed by atoms with van der Waals surface area (Å²) in [6.45, 7) is 2.95. The third kappa shape index (κ3) is 3.77. The first-order valence-electron chi connectivity index (χ1n) is 6.88. The van der Waals surface area contributed by atoms with Gasteiger partial charge in [-0.25, -0.2) is 9.97 Å². The van der Waals surface area contributed by atoms with Gasteiger partial charge < -0.3 is 16.0 Å². The molecule has 2 rings (SSSR count). The van der Waals surface area contributed by atoms with Gasteiger partial charge in [0.15, 0.2) is 0 Å². The number of carbonyl (C=O) groups is 1. The summed E-state index contributed by atoms with van der Waals surface area (Å²) in [5.41, 5.74) is -0.171. The van der Waals surface area contributed by atoms with Gasteiger partial charge in [0.05, 0.1) is 4.92 Å². The first-order valence-corrected chi connectivity index (χ1v) is 6.88. The van der Waals surface area contributed by atoms with Crippen molar-refractivity contribution in [2.45, 2.75) is 32.2 Å². The van der Waals surface area contributed by atoms with Crippen LogP contribution >= 0.6 is 0 Å². The van der Waals surface area contributed by atoms with Crippen LogP contribution in [0.25, 0.3) is 0 Å². The zero-order valence-electron chi connectivity index (χ0n) is 11.8. The Hall–Kier alpha value is -2.45. The minimum Gasteiger partial charge on any atom is -0.364 e. The third-order valence-corrected chi connectivity index (χ3v) is 3.15. The number of nitrogens with one attached hydrogen (secondary N) is 3. The van der Waals surface area contributed by atoms with E-state index in [4.69, 9.17) is 0 Å². The Morgan fingerprint density at radius 3 is 2.71 bits per heavy atom. The van der Waals surface area contributed by atoms with E-state index in [9.17, 15) is 14.9 Å². The third-order valence-electron chi connectivity index (χ3n) is 3.15. The zero-order chi connectivity index (χ0) is 15.2. The summed E-state index contributed by atoms with van der Waals surface area (Å²) in [5.74, 6) is 0.369. The van der Waals surface area contributed by atoms with Crippen molar-refractivity contribution in [3.63, 3.8) is 0 Å². The van der Waals surface area contributed by atoms with Crippen LogP contribution in [0.2, 0.25) is 0 Å². The molecule has 1 amide bonds. The molecule has 1 unspecified atom stereocenters. The van der Waals surface area contributed by atoms with Crippen molar-refractivity contribution in [3.8, 4) is 0 Å². The maximum absolute atomic E-state index is 11.2. The molecule has 0 saturated carbocycles. The molecule has 1 saturated heterocycles. The van der Waals surface area contributed by atoms with E-state index in [1.165, 1.54) is 6.33 Å². The van der Waals surface area contributed by atoms with Gasteiger partial charge >= 0.3 is 5.69 Å². The number of nitrogens with zero attached hydrogens (tertiary/aromatic N) is 3. The lowest BCUT2D eigenvalue weighted by Crippen LogP contribution is -2.32. The van der Waals surface area contributed by atoms with Crippen molar-refractivity contribution in [1.29, 1.82) is 0 Å². The second kappa shape index (κ2) is 6.82. The van der Waals surface area contributed by atoms with Gasteiger partial charge in [0.1, 0.15) is 6.33 Å². The highest BCUT2D eigenvalue weighted by Crippen LogP contribution is 2.28. The number of aromatic nitrogens is 2. The number of hydrogen-bond donors (Lipinski definition) is 3. The van der Waals surface area contributed by atoms with Crippen LogP contribution in [0.3, 0.4) is 0 Å². The van der Waals surface area contributed by atoms with Crippen LogP contribution in [-0.4, -0.2) is 39.9 Å². The zero-order valence-corrected chi connectivity index (χ0v) is 11.8.